The first kappa shape index (κ1) is 23.9. The maximum atomic E-state index is 13.2. The van der Waals surface area contributed by atoms with Gasteiger partial charge in [-0.05, 0) is 74.4 Å². The smallest absolute Gasteiger partial charge is 0.233 e. The lowest BCUT2D eigenvalue weighted by Crippen LogP contribution is -2.36. The molecule has 1 aromatic heterocycles. The van der Waals surface area contributed by atoms with Crippen LogP contribution in [0.2, 0.25) is 0 Å². The molecule has 0 saturated carbocycles. The van der Waals surface area contributed by atoms with Crippen molar-refractivity contribution in [2.24, 2.45) is 0 Å². The Morgan fingerprint density at radius 3 is 2.77 bits per heavy atom. The summed E-state index contributed by atoms with van der Waals surface area (Å²) in [6.45, 7) is 3.39. The number of nitrogens with zero attached hydrogens (tertiary/aromatic N) is 3. The Hall–Kier alpha value is -2.84. The second kappa shape index (κ2) is 10.8. The molecule has 1 saturated heterocycles. The van der Waals surface area contributed by atoms with E-state index < -0.39 is 0 Å². The number of benzene rings is 2. The molecule has 1 aliphatic carbocycles. The largest absolute Gasteiger partial charge is 0.497 e. The maximum absolute atomic E-state index is 13.2. The van der Waals surface area contributed by atoms with E-state index in [1.165, 1.54) is 22.9 Å². The molecule has 0 bridgehead atoms. The predicted octanol–water partition coefficient (Wildman–Crippen LogP) is 4.81. The third-order valence-corrected chi connectivity index (χ3v) is 7.89. The maximum Gasteiger partial charge on any atom is 0.233 e. The SMILES string of the molecule is COc1ccc(-c2nnc(SC(C)C(=O)NC3CCCc4ccccc43)n2CC2CCCO2)cc1. The van der Waals surface area contributed by atoms with Gasteiger partial charge in [-0.15, -0.1) is 10.2 Å². The van der Waals surface area contributed by atoms with Crippen LogP contribution in [0.4, 0.5) is 0 Å². The summed E-state index contributed by atoms with van der Waals surface area (Å²) in [6, 6.07) is 16.3. The van der Waals surface area contributed by atoms with E-state index in [0.29, 0.717) is 6.54 Å². The van der Waals surface area contributed by atoms with E-state index in [0.717, 1.165) is 61.0 Å². The van der Waals surface area contributed by atoms with Crippen LogP contribution in [0.5, 0.6) is 5.75 Å². The summed E-state index contributed by atoms with van der Waals surface area (Å²) in [5, 5.41) is 12.7. The highest BCUT2D eigenvalue weighted by Gasteiger charge is 2.27. The number of fused-ring (bicyclic) bond motifs is 1. The van der Waals surface area contributed by atoms with E-state index in [9.17, 15) is 4.79 Å². The molecule has 1 amide bonds. The third-order valence-electron chi connectivity index (χ3n) is 6.81. The van der Waals surface area contributed by atoms with Crippen molar-refractivity contribution in [3.05, 3.63) is 59.7 Å². The molecule has 2 aromatic carbocycles. The summed E-state index contributed by atoms with van der Waals surface area (Å²) in [6.07, 6.45) is 5.34. The molecule has 3 unspecified atom stereocenters. The van der Waals surface area contributed by atoms with Gasteiger partial charge in [0.05, 0.1) is 31.1 Å². The predicted molar refractivity (Wildman–Crippen MR) is 137 cm³/mol. The van der Waals surface area contributed by atoms with Crippen LogP contribution in [0.1, 0.15) is 49.8 Å². The molecule has 1 N–H and O–H groups in total. The highest BCUT2D eigenvalue weighted by molar-refractivity contribution is 8.00. The second-order valence-electron chi connectivity index (χ2n) is 9.19. The average Bonchev–Trinajstić information content (AvgIpc) is 3.55. The van der Waals surface area contributed by atoms with Crippen LogP contribution < -0.4 is 10.1 Å². The molecule has 3 atom stereocenters. The highest BCUT2D eigenvalue weighted by Crippen LogP contribution is 2.32. The molecule has 5 rings (SSSR count). The topological polar surface area (TPSA) is 78.3 Å². The van der Waals surface area contributed by atoms with Crippen molar-refractivity contribution in [3.63, 3.8) is 0 Å². The molecule has 35 heavy (non-hydrogen) atoms. The van der Waals surface area contributed by atoms with Gasteiger partial charge in [0.2, 0.25) is 5.91 Å². The molecule has 3 aromatic rings. The minimum absolute atomic E-state index is 0.0226. The Bertz CT molecular complexity index is 1160. The summed E-state index contributed by atoms with van der Waals surface area (Å²) < 4.78 is 13.3. The molecular weight excluding hydrogens is 460 g/mol. The van der Waals surface area contributed by atoms with Crippen LogP contribution in [0.3, 0.4) is 0 Å². The zero-order valence-electron chi connectivity index (χ0n) is 20.3. The fraction of sp³-hybridized carbons (Fsp3) is 0.444. The summed E-state index contributed by atoms with van der Waals surface area (Å²) in [7, 11) is 1.65. The zero-order chi connectivity index (χ0) is 24.2. The van der Waals surface area contributed by atoms with Gasteiger partial charge in [0, 0.05) is 12.2 Å². The molecule has 1 fully saturated rings. The number of thioether (sulfide) groups is 1. The summed E-state index contributed by atoms with van der Waals surface area (Å²) in [4.78, 5) is 13.2. The van der Waals surface area contributed by atoms with Crippen molar-refractivity contribution in [3.8, 4) is 17.1 Å². The lowest BCUT2D eigenvalue weighted by molar-refractivity contribution is -0.121. The Kier molecular flexibility index (Phi) is 7.39. The Balaban J connectivity index is 1.34. The van der Waals surface area contributed by atoms with E-state index in [1.807, 2.05) is 31.2 Å². The van der Waals surface area contributed by atoms with Crippen molar-refractivity contribution in [1.82, 2.24) is 20.1 Å². The van der Waals surface area contributed by atoms with Crippen molar-refractivity contribution in [2.75, 3.05) is 13.7 Å². The molecular formula is C27H32N4O3S. The van der Waals surface area contributed by atoms with Gasteiger partial charge in [0.1, 0.15) is 5.75 Å². The minimum atomic E-state index is -0.305. The van der Waals surface area contributed by atoms with Crippen molar-refractivity contribution in [1.29, 1.82) is 0 Å². The molecule has 8 heteroatoms. The fourth-order valence-corrected chi connectivity index (χ4v) is 5.76. The van der Waals surface area contributed by atoms with Gasteiger partial charge in [0.25, 0.3) is 0 Å². The van der Waals surface area contributed by atoms with Gasteiger partial charge >= 0.3 is 0 Å². The standard InChI is InChI=1S/C27H32N4O3S/c1-18(26(32)28-24-11-5-8-19-7-3-4-10-23(19)24)35-27-30-29-25(20-12-14-21(33-2)15-13-20)31(27)17-22-9-6-16-34-22/h3-4,7,10,12-15,18,22,24H,5-6,8-9,11,16-17H2,1-2H3,(H,28,32). The number of aromatic nitrogens is 3. The molecule has 2 aliphatic rings. The number of ether oxygens (including phenoxy) is 2. The van der Waals surface area contributed by atoms with Crippen LogP contribution in [-0.2, 0) is 22.5 Å². The second-order valence-corrected chi connectivity index (χ2v) is 10.5. The van der Waals surface area contributed by atoms with E-state index in [-0.39, 0.29) is 23.3 Å². The van der Waals surface area contributed by atoms with Gasteiger partial charge in [-0.1, -0.05) is 36.0 Å². The monoisotopic (exact) mass is 492 g/mol. The molecule has 184 valence electrons. The van der Waals surface area contributed by atoms with Gasteiger partial charge in [-0.25, -0.2) is 0 Å². The average molecular weight is 493 g/mol. The van der Waals surface area contributed by atoms with Crippen LogP contribution in [0, 0.1) is 0 Å². The Labute approximate surface area is 210 Å². The number of hydrogen-bond acceptors (Lipinski definition) is 6. The molecule has 7 nitrogen and oxygen atoms in total. The van der Waals surface area contributed by atoms with Crippen LogP contribution in [0.25, 0.3) is 11.4 Å². The third kappa shape index (κ3) is 5.38. The fourth-order valence-electron chi connectivity index (χ4n) is 4.89. The minimum Gasteiger partial charge on any atom is -0.497 e. The first-order valence-corrected chi connectivity index (χ1v) is 13.2. The van der Waals surface area contributed by atoms with Crippen LogP contribution in [-0.4, -0.2) is 45.7 Å². The van der Waals surface area contributed by atoms with Gasteiger partial charge < -0.3 is 14.8 Å². The van der Waals surface area contributed by atoms with Crippen molar-refractivity contribution >= 4 is 17.7 Å². The van der Waals surface area contributed by atoms with Crippen molar-refractivity contribution in [2.45, 2.75) is 68.1 Å². The van der Waals surface area contributed by atoms with Gasteiger partial charge in [-0.3, -0.25) is 9.36 Å². The number of hydrogen-bond donors (Lipinski definition) is 1. The number of aryl methyl sites for hydroxylation is 1. The summed E-state index contributed by atoms with van der Waals surface area (Å²) in [5.74, 6) is 1.59. The van der Waals surface area contributed by atoms with Gasteiger partial charge in [-0.2, -0.15) is 0 Å². The number of amides is 1. The zero-order valence-corrected chi connectivity index (χ0v) is 21.1. The van der Waals surface area contributed by atoms with E-state index in [4.69, 9.17) is 9.47 Å². The quantitative estimate of drug-likeness (QED) is 0.455. The number of nitrogens with one attached hydrogen (secondary N) is 1. The lowest BCUT2D eigenvalue weighted by atomic mass is 9.88. The summed E-state index contributed by atoms with van der Waals surface area (Å²) in [5.41, 5.74) is 3.54. The summed E-state index contributed by atoms with van der Waals surface area (Å²) >= 11 is 1.45. The molecule has 1 aliphatic heterocycles. The van der Waals surface area contributed by atoms with E-state index in [2.05, 4.69) is 44.3 Å². The molecule has 0 spiro atoms. The Morgan fingerprint density at radius 1 is 1.17 bits per heavy atom. The Morgan fingerprint density at radius 2 is 2.00 bits per heavy atom. The first-order valence-electron chi connectivity index (χ1n) is 12.4. The van der Waals surface area contributed by atoms with Crippen LogP contribution >= 0.6 is 11.8 Å². The number of carbonyl (C=O) groups excluding carboxylic acids is 1. The normalized spacial score (nSPS) is 20.3. The van der Waals surface area contributed by atoms with E-state index >= 15 is 0 Å². The first-order chi connectivity index (χ1) is 17.1. The van der Waals surface area contributed by atoms with E-state index in [1.54, 1.807) is 7.11 Å². The number of rotatable bonds is 8. The van der Waals surface area contributed by atoms with Crippen LogP contribution in [0.15, 0.2) is 53.7 Å². The molecule has 2 heterocycles. The highest BCUT2D eigenvalue weighted by atomic mass is 32.2. The molecule has 0 radical (unpaired) electrons. The number of carbonyl (C=O) groups is 1. The number of methoxy groups -OCH3 is 1. The van der Waals surface area contributed by atoms with Gasteiger partial charge in [0.15, 0.2) is 11.0 Å². The van der Waals surface area contributed by atoms with Crippen molar-refractivity contribution < 1.29 is 14.3 Å². The lowest BCUT2D eigenvalue weighted by Gasteiger charge is -2.27.